The maximum Gasteiger partial charge on any atom is 0.105 e. The second-order valence-corrected chi connectivity index (χ2v) is 3.61. The van der Waals surface area contributed by atoms with Gasteiger partial charge in [0.15, 0.2) is 0 Å². The zero-order valence-electron chi connectivity index (χ0n) is 8.67. The lowest BCUT2D eigenvalue weighted by atomic mass is 10.3. The van der Waals surface area contributed by atoms with Crippen molar-refractivity contribution in [2.75, 3.05) is 11.9 Å². The Morgan fingerprint density at radius 1 is 1.46 bits per heavy atom. The van der Waals surface area contributed by atoms with E-state index in [0.29, 0.717) is 12.6 Å². The minimum atomic E-state index is 0.472. The van der Waals surface area contributed by atoms with Crippen LogP contribution in [0.2, 0.25) is 0 Å². The fraction of sp³-hybridized carbons (Fsp3) is 0.600. The summed E-state index contributed by atoms with van der Waals surface area (Å²) < 4.78 is 2.16. The molecule has 1 aromatic rings. The van der Waals surface area contributed by atoms with Crippen molar-refractivity contribution in [2.45, 2.75) is 26.3 Å². The topological polar surface area (TPSA) is 43.0 Å². The summed E-state index contributed by atoms with van der Waals surface area (Å²) in [6.07, 6.45) is 0.941. The van der Waals surface area contributed by atoms with Crippen LogP contribution in [0.4, 0.5) is 5.82 Å². The van der Waals surface area contributed by atoms with E-state index in [1.54, 1.807) is 0 Å². The second-order valence-electron chi connectivity index (χ2n) is 3.61. The van der Waals surface area contributed by atoms with Crippen LogP contribution in [0.3, 0.4) is 0 Å². The molecule has 0 unspecified atom stereocenters. The van der Waals surface area contributed by atoms with E-state index in [1.165, 1.54) is 11.5 Å². The van der Waals surface area contributed by atoms with Gasteiger partial charge >= 0.3 is 0 Å². The van der Waals surface area contributed by atoms with Crippen molar-refractivity contribution < 1.29 is 0 Å². The van der Waals surface area contributed by atoms with E-state index in [-0.39, 0.29) is 0 Å². The molecule has 0 aliphatic heterocycles. The largest absolute Gasteiger partial charge is 0.369 e. The third kappa shape index (κ3) is 2.49. The van der Waals surface area contributed by atoms with Gasteiger partial charge in [-0.15, -0.1) is 0 Å². The monoisotopic (exact) mass is 181 g/mol. The Hall–Kier alpha value is -0.960. The summed E-state index contributed by atoms with van der Waals surface area (Å²) in [6, 6.07) is 4.70. The van der Waals surface area contributed by atoms with Gasteiger partial charge < -0.3 is 15.6 Å². The fourth-order valence-electron chi connectivity index (χ4n) is 1.39. The van der Waals surface area contributed by atoms with Gasteiger partial charge in [-0.3, -0.25) is 0 Å². The second kappa shape index (κ2) is 4.33. The molecular formula is C10H19N3. The highest BCUT2D eigenvalue weighted by atomic mass is 15.1. The van der Waals surface area contributed by atoms with Crippen LogP contribution < -0.4 is 11.1 Å². The third-order valence-electron chi connectivity index (χ3n) is 2.06. The molecule has 1 heterocycles. The van der Waals surface area contributed by atoms with Crippen molar-refractivity contribution >= 4 is 5.82 Å². The van der Waals surface area contributed by atoms with Gasteiger partial charge in [0.1, 0.15) is 5.82 Å². The van der Waals surface area contributed by atoms with Gasteiger partial charge in [0.05, 0.1) is 0 Å². The van der Waals surface area contributed by atoms with Crippen LogP contribution in [0.15, 0.2) is 12.1 Å². The minimum absolute atomic E-state index is 0.472. The van der Waals surface area contributed by atoms with E-state index >= 15 is 0 Å². The highest BCUT2D eigenvalue weighted by Crippen LogP contribution is 2.13. The van der Waals surface area contributed by atoms with Crippen molar-refractivity contribution in [2.24, 2.45) is 12.8 Å². The minimum Gasteiger partial charge on any atom is -0.369 e. The number of anilines is 1. The summed E-state index contributed by atoms with van der Waals surface area (Å²) >= 11 is 0. The zero-order chi connectivity index (χ0) is 9.84. The molecular weight excluding hydrogens is 162 g/mol. The van der Waals surface area contributed by atoms with Crippen LogP contribution in [0.5, 0.6) is 0 Å². The van der Waals surface area contributed by atoms with Crippen LogP contribution in [0.25, 0.3) is 0 Å². The molecule has 0 amide bonds. The van der Waals surface area contributed by atoms with Crippen molar-refractivity contribution in [3.8, 4) is 0 Å². The molecule has 0 spiro atoms. The average molecular weight is 181 g/mol. The van der Waals surface area contributed by atoms with Crippen LogP contribution in [-0.4, -0.2) is 17.2 Å². The molecule has 0 aromatic carbocycles. The van der Waals surface area contributed by atoms with Gasteiger partial charge in [-0.25, -0.2) is 0 Å². The van der Waals surface area contributed by atoms with Crippen molar-refractivity contribution in [3.63, 3.8) is 0 Å². The van der Waals surface area contributed by atoms with Crippen molar-refractivity contribution in [1.82, 2.24) is 4.57 Å². The number of nitrogens with one attached hydrogen (secondary N) is 1. The molecule has 0 fully saturated rings. The van der Waals surface area contributed by atoms with Gasteiger partial charge in [-0.1, -0.05) is 0 Å². The first-order valence-electron chi connectivity index (χ1n) is 4.76. The quantitative estimate of drug-likeness (QED) is 0.736. The molecule has 3 heteroatoms. The predicted octanol–water partition coefficient (Wildman–Crippen LogP) is 1.35. The van der Waals surface area contributed by atoms with Gasteiger partial charge in [0.2, 0.25) is 0 Å². The average Bonchev–Trinajstić information content (AvgIpc) is 2.36. The van der Waals surface area contributed by atoms with Crippen molar-refractivity contribution in [1.29, 1.82) is 0 Å². The van der Waals surface area contributed by atoms with Crippen LogP contribution in [-0.2, 0) is 13.5 Å². The normalized spacial score (nSPS) is 10.8. The molecule has 0 saturated heterocycles. The van der Waals surface area contributed by atoms with E-state index in [2.05, 4.69) is 42.9 Å². The lowest BCUT2D eigenvalue weighted by Crippen LogP contribution is -2.14. The SMILES string of the molecule is CC(C)Nc1ccc(CCN)n1C. The summed E-state index contributed by atoms with van der Waals surface area (Å²) in [5.41, 5.74) is 6.79. The Balaban J connectivity index is 2.74. The molecule has 1 aromatic heterocycles. The van der Waals surface area contributed by atoms with Crippen molar-refractivity contribution in [3.05, 3.63) is 17.8 Å². The standard InChI is InChI=1S/C10H19N3/c1-8(2)12-10-5-4-9(6-7-11)13(10)3/h4-5,8,12H,6-7,11H2,1-3H3. The van der Waals surface area contributed by atoms with E-state index in [0.717, 1.165) is 6.42 Å². The molecule has 3 nitrogen and oxygen atoms in total. The Morgan fingerprint density at radius 3 is 2.69 bits per heavy atom. The number of rotatable bonds is 4. The van der Waals surface area contributed by atoms with E-state index in [9.17, 15) is 0 Å². The van der Waals surface area contributed by atoms with Gasteiger partial charge in [-0.05, 0) is 38.9 Å². The molecule has 13 heavy (non-hydrogen) atoms. The van der Waals surface area contributed by atoms with E-state index in [4.69, 9.17) is 5.73 Å². The number of nitrogens with two attached hydrogens (primary N) is 1. The molecule has 0 aliphatic rings. The number of nitrogens with zero attached hydrogens (tertiary/aromatic N) is 1. The first-order valence-corrected chi connectivity index (χ1v) is 4.76. The fourth-order valence-corrected chi connectivity index (χ4v) is 1.39. The van der Waals surface area contributed by atoms with Crippen LogP contribution >= 0.6 is 0 Å². The highest BCUT2D eigenvalue weighted by molar-refractivity contribution is 5.40. The summed E-state index contributed by atoms with van der Waals surface area (Å²) in [4.78, 5) is 0. The lowest BCUT2D eigenvalue weighted by molar-refractivity contribution is 0.789. The molecule has 0 bridgehead atoms. The maximum atomic E-state index is 5.51. The highest BCUT2D eigenvalue weighted by Gasteiger charge is 2.03. The molecule has 74 valence electrons. The summed E-state index contributed by atoms with van der Waals surface area (Å²) in [7, 11) is 2.07. The Bertz CT molecular complexity index is 263. The molecule has 3 N–H and O–H groups in total. The van der Waals surface area contributed by atoms with Crippen LogP contribution in [0.1, 0.15) is 19.5 Å². The Labute approximate surface area is 79.9 Å². The zero-order valence-corrected chi connectivity index (χ0v) is 8.67. The third-order valence-corrected chi connectivity index (χ3v) is 2.06. The summed E-state index contributed by atoms with van der Waals surface area (Å²) in [5.74, 6) is 1.17. The summed E-state index contributed by atoms with van der Waals surface area (Å²) in [6.45, 7) is 4.98. The Kier molecular flexibility index (Phi) is 3.37. The smallest absolute Gasteiger partial charge is 0.105 e. The predicted molar refractivity (Wildman–Crippen MR) is 56.9 cm³/mol. The van der Waals surface area contributed by atoms with Crippen LogP contribution in [0, 0.1) is 0 Å². The maximum absolute atomic E-state index is 5.51. The summed E-state index contributed by atoms with van der Waals surface area (Å²) in [5, 5.41) is 3.37. The van der Waals surface area contributed by atoms with E-state index in [1.807, 2.05) is 0 Å². The first-order chi connectivity index (χ1) is 6.15. The molecule has 0 aliphatic carbocycles. The number of aromatic nitrogens is 1. The molecule has 1 rings (SSSR count). The van der Waals surface area contributed by atoms with Gasteiger partial charge in [0.25, 0.3) is 0 Å². The molecule has 0 radical (unpaired) electrons. The van der Waals surface area contributed by atoms with Gasteiger partial charge in [0, 0.05) is 18.8 Å². The molecule has 0 atom stereocenters. The Morgan fingerprint density at radius 2 is 2.15 bits per heavy atom. The van der Waals surface area contributed by atoms with Gasteiger partial charge in [-0.2, -0.15) is 0 Å². The lowest BCUT2D eigenvalue weighted by Gasteiger charge is -2.12. The molecule has 0 saturated carbocycles. The first kappa shape index (κ1) is 10.1. The number of hydrogen-bond donors (Lipinski definition) is 2. The van der Waals surface area contributed by atoms with E-state index < -0.39 is 0 Å². The number of hydrogen-bond acceptors (Lipinski definition) is 2.